The standard InChI is InChI=1S/C19H16N2O5/c1-20-19(24)13-3-2-4-14(9-13)21-17(22)11-25-15-7-5-12-6-8-18(23)26-16(12)10-15/h2-10H,11H2,1H3,(H,20,24)(H,21,22). The predicted molar refractivity (Wildman–Crippen MR) is 96.4 cm³/mol. The Hall–Kier alpha value is -3.61. The highest BCUT2D eigenvalue weighted by molar-refractivity contribution is 5.97. The largest absolute Gasteiger partial charge is 0.484 e. The second-order valence-corrected chi connectivity index (χ2v) is 5.45. The minimum atomic E-state index is -0.455. The number of ether oxygens (including phenoxy) is 1. The molecule has 7 nitrogen and oxygen atoms in total. The highest BCUT2D eigenvalue weighted by Crippen LogP contribution is 2.19. The molecule has 132 valence electrons. The molecular weight excluding hydrogens is 336 g/mol. The number of carbonyl (C=O) groups is 2. The minimum Gasteiger partial charge on any atom is -0.484 e. The Morgan fingerprint density at radius 3 is 2.69 bits per heavy atom. The maximum atomic E-state index is 12.0. The highest BCUT2D eigenvalue weighted by Gasteiger charge is 2.08. The van der Waals surface area contributed by atoms with Crippen molar-refractivity contribution >= 4 is 28.5 Å². The number of benzene rings is 2. The Labute approximate surface area is 148 Å². The lowest BCUT2D eigenvalue weighted by Gasteiger charge is -2.09. The van der Waals surface area contributed by atoms with Crippen molar-refractivity contribution in [1.29, 1.82) is 0 Å². The molecule has 7 heteroatoms. The number of amides is 2. The fraction of sp³-hybridized carbons (Fsp3) is 0.105. The van der Waals surface area contributed by atoms with E-state index in [0.717, 1.165) is 5.39 Å². The summed E-state index contributed by atoms with van der Waals surface area (Å²) in [5.74, 6) is -0.218. The predicted octanol–water partition coefficient (Wildman–Crippen LogP) is 2.17. The summed E-state index contributed by atoms with van der Waals surface area (Å²) >= 11 is 0. The van der Waals surface area contributed by atoms with Crippen LogP contribution in [-0.4, -0.2) is 25.5 Å². The van der Waals surface area contributed by atoms with Crippen LogP contribution in [0.3, 0.4) is 0 Å². The number of nitrogens with one attached hydrogen (secondary N) is 2. The van der Waals surface area contributed by atoms with Gasteiger partial charge < -0.3 is 19.8 Å². The van der Waals surface area contributed by atoms with Gasteiger partial charge in [-0.05, 0) is 36.4 Å². The maximum Gasteiger partial charge on any atom is 0.336 e. The fourth-order valence-corrected chi connectivity index (χ4v) is 2.36. The lowest BCUT2D eigenvalue weighted by atomic mass is 10.2. The van der Waals surface area contributed by atoms with Crippen molar-refractivity contribution in [3.05, 3.63) is 70.6 Å². The van der Waals surface area contributed by atoms with Crippen molar-refractivity contribution in [2.45, 2.75) is 0 Å². The van der Waals surface area contributed by atoms with Crippen molar-refractivity contribution in [1.82, 2.24) is 5.32 Å². The SMILES string of the molecule is CNC(=O)c1cccc(NC(=O)COc2ccc3ccc(=O)oc3c2)c1. The van der Waals surface area contributed by atoms with Crippen molar-refractivity contribution in [2.24, 2.45) is 0 Å². The van der Waals surface area contributed by atoms with Crippen LogP contribution in [0.4, 0.5) is 5.69 Å². The third-order valence-corrected chi connectivity index (χ3v) is 3.60. The van der Waals surface area contributed by atoms with Crippen LogP contribution < -0.4 is 21.0 Å². The lowest BCUT2D eigenvalue weighted by Crippen LogP contribution is -2.21. The van der Waals surface area contributed by atoms with Gasteiger partial charge in [0, 0.05) is 35.8 Å². The minimum absolute atomic E-state index is 0.229. The van der Waals surface area contributed by atoms with Gasteiger partial charge in [0.2, 0.25) is 0 Å². The summed E-state index contributed by atoms with van der Waals surface area (Å²) in [6.07, 6.45) is 0. The van der Waals surface area contributed by atoms with Crippen molar-refractivity contribution < 1.29 is 18.7 Å². The summed E-state index contributed by atoms with van der Waals surface area (Å²) < 4.78 is 10.5. The van der Waals surface area contributed by atoms with Gasteiger partial charge in [-0.15, -0.1) is 0 Å². The first-order chi connectivity index (χ1) is 12.5. The van der Waals surface area contributed by atoms with Gasteiger partial charge in [0.25, 0.3) is 11.8 Å². The zero-order valence-corrected chi connectivity index (χ0v) is 13.9. The van der Waals surface area contributed by atoms with Crippen molar-refractivity contribution in [3.63, 3.8) is 0 Å². The maximum absolute atomic E-state index is 12.0. The van der Waals surface area contributed by atoms with Crippen LogP contribution in [0.1, 0.15) is 10.4 Å². The number of hydrogen-bond donors (Lipinski definition) is 2. The molecule has 2 N–H and O–H groups in total. The Morgan fingerprint density at radius 2 is 1.88 bits per heavy atom. The lowest BCUT2D eigenvalue weighted by molar-refractivity contribution is -0.118. The van der Waals surface area contributed by atoms with Gasteiger partial charge in [0.15, 0.2) is 6.61 Å². The summed E-state index contributed by atoms with van der Waals surface area (Å²) in [7, 11) is 1.53. The molecule has 2 aromatic carbocycles. The zero-order chi connectivity index (χ0) is 18.5. The van der Waals surface area contributed by atoms with Crippen LogP contribution in [0.2, 0.25) is 0 Å². The molecule has 0 saturated heterocycles. The summed E-state index contributed by atoms with van der Waals surface area (Å²) in [5.41, 5.74) is 0.858. The van der Waals surface area contributed by atoms with Gasteiger partial charge in [0.05, 0.1) is 0 Å². The number of hydrogen-bond acceptors (Lipinski definition) is 5. The first kappa shape index (κ1) is 17.2. The van der Waals surface area contributed by atoms with E-state index >= 15 is 0 Å². The molecule has 3 aromatic rings. The average Bonchev–Trinajstić information content (AvgIpc) is 2.65. The van der Waals surface area contributed by atoms with E-state index in [1.54, 1.807) is 48.5 Å². The second-order valence-electron chi connectivity index (χ2n) is 5.45. The van der Waals surface area contributed by atoms with Crippen molar-refractivity contribution in [2.75, 3.05) is 19.0 Å². The van der Waals surface area contributed by atoms with E-state index in [4.69, 9.17) is 9.15 Å². The van der Waals surface area contributed by atoms with E-state index in [-0.39, 0.29) is 18.4 Å². The third kappa shape index (κ3) is 4.07. The highest BCUT2D eigenvalue weighted by atomic mass is 16.5. The first-order valence-electron chi connectivity index (χ1n) is 7.84. The molecular formula is C19H16N2O5. The Balaban J connectivity index is 1.64. The summed E-state index contributed by atoms with van der Waals surface area (Å²) in [5, 5.41) is 5.94. The van der Waals surface area contributed by atoms with Gasteiger partial charge in [-0.25, -0.2) is 4.79 Å². The topological polar surface area (TPSA) is 97.6 Å². The van der Waals surface area contributed by atoms with E-state index in [1.807, 2.05) is 0 Å². The van der Waals surface area contributed by atoms with E-state index in [0.29, 0.717) is 22.6 Å². The average molecular weight is 352 g/mol. The van der Waals surface area contributed by atoms with Crippen LogP contribution in [0, 0.1) is 0 Å². The summed E-state index contributed by atoms with van der Waals surface area (Å²) in [6, 6.07) is 14.5. The monoisotopic (exact) mass is 352 g/mol. The summed E-state index contributed by atoms with van der Waals surface area (Å²) in [6.45, 7) is -0.229. The molecule has 0 fully saturated rings. The van der Waals surface area contributed by atoms with E-state index < -0.39 is 5.63 Å². The number of rotatable bonds is 5. The fourth-order valence-electron chi connectivity index (χ4n) is 2.36. The van der Waals surface area contributed by atoms with Gasteiger partial charge in [-0.2, -0.15) is 0 Å². The van der Waals surface area contributed by atoms with Crippen LogP contribution in [0.5, 0.6) is 5.75 Å². The first-order valence-corrected chi connectivity index (χ1v) is 7.84. The van der Waals surface area contributed by atoms with Crippen LogP contribution >= 0.6 is 0 Å². The Morgan fingerprint density at radius 1 is 1.08 bits per heavy atom. The molecule has 0 atom stereocenters. The number of carbonyl (C=O) groups excluding carboxylic acids is 2. The molecule has 0 radical (unpaired) electrons. The van der Waals surface area contributed by atoms with E-state index in [1.165, 1.54) is 13.1 Å². The van der Waals surface area contributed by atoms with Gasteiger partial charge in [-0.1, -0.05) is 6.07 Å². The molecule has 3 rings (SSSR count). The molecule has 1 aromatic heterocycles. The third-order valence-electron chi connectivity index (χ3n) is 3.60. The molecule has 0 bridgehead atoms. The second kappa shape index (κ2) is 7.52. The molecule has 0 spiro atoms. The van der Waals surface area contributed by atoms with Gasteiger partial charge in [0.1, 0.15) is 11.3 Å². The smallest absolute Gasteiger partial charge is 0.336 e. The van der Waals surface area contributed by atoms with Crippen molar-refractivity contribution in [3.8, 4) is 5.75 Å². The van der Waals surface area contributed by atoms with E-state index in [9.17, 15) is 14.4 Å². The van der Waals surface area contributed by atoms with Crippen LogP contribution in [0.25, 0.3) is 11.0 Å². The van der Waals surface area contributed by atoms with Crippen LogP contribution in [0.15, 0.2) is 63.8 Å². The van der Waals surface area contributed by atoms with Gasteiger partial charge >= 0.3 is 5.63 Å². The molecule has 1 heterocycles. The quantitative estimate of drug-likeness (QED) is 0.686. The Kier molecular flexibility index (Phi) is 4.98. The zero-order valence-electron chi connectivity index (χ0n) is 13.9. The molecule has 0 aliphatic heterocycles. The van der Waals surface area contributed by atoms with E-state index in [2.05, 4.69) is 10.6 Å². The Bertz CT molecular complexity index is 1030. The molecule has 0 saturated carbocycles. The number of fused-ring (bicyclic) bond motifs is 1. The molecule has 2 amide bonds. The van der Waals surface area contributed by atoms with Gasteiger partial charge in [-0.3, -0.25) is 9.59 Å². The molecule has 0 aliphatic rings. The van der Waals surface area contributed by atoms with Crippen LogP contribution in [-0.2, 0) is 4.79 Å². The molecule has 0 aliphatic carbocycles. The summed E-state index contributed by atoms with van der Waals surface area (Å²) in [4.78, 5) is 34.9. The molecule has 26 heavy (non-hydrogen) atoms. The number of anilines is 1. The normalized spacial score (nSPS) is 10.3. The molecule has 0 unspecified atom stereocenters.